The fraction of sp³-hybridized carbons (Fsp3) is 0.562. The van der Waals surface area contributed by atoms with Crippen LogP contribution in [0.4, 0.5) is 5.69 Å². The van der Waals surface area contributed by atoms with Crippen LogP contribution in [0.1, 0.15) is 32.6 Å². The molecular weight excluding hydrogens is 288 g/mol. The molecule has 0 aromatic heterocycles. The number of likely N-dealkylation sites (tertiary alicyclic amines) is 1. The lowest BCUT2D eigenvalue weighted by molar-refractivity contribution is -0.118. The molecule has 1 aliphatic rings. The van der Waals surface area contributed by atoms with Gasteiger partial charge in [0.15, 0.2) is 0 Å². The van der Waals surface area contributed by atoms with Crippen LogP contribution in [0, 0.1) is 0 Å². The third-order valence-electron chi connectivity index (χ3n) is 4.00. The number of halogens is 1. The monoisotopic (exact) mass is 310 g/mol. The van der Waals surface area contributed by atoms with Crippen LogP contribution in [-0.4, -0.2) is 37.0 Å². The fourth-order valence-corrected chi connectivity index (χ4v) is 3.05. The van der Waals surface area contributed by atoms with E-state index in [0.717, 1.165) is 13.0 Å². The number of piperidine rings is 1. The number of nitrogens with zero attached hydrogens (tertiary/aromatic N) is 1. The molecule has 1 aliphatic heterocycles. The van der Waals surface area contributed by atoms with Crippen LogP contribution in [0.15, 0.2) is 18.2 Å². The van der Waals surface area contributed by atoms with E-state index in [2.05, 4.69) is 17.1 Å². The van der Waals surface area contributed by atoms with Gasteiger partial charge in [0.05, 0.1) is 19.3 Å². The second-order valence-electron chi connectivity index (χ2n) is 5.42. The molecule has 1 saturated heterocycles. The van der Waals surface area contributed by atoms with E-state index in [0.29, 0.717) is 29.0 Å². The van der Waals surface area contributed by atoms with Crippen molar-refractivity contribution in [1.82, 2.24) is 4.90 Å². The van der Waals surface area contributed by atoms with Crippen LogP contribution in [-0.2, 0) is 4.79 Å². The van der Waals surface area contributed by atoms with E-state index in [4.69, 9.17) is 16.3 Å². The number of hydrogen-bond acceptors (Lipinski definition) is 3. The molecule has 1 N–H and O–H groups in total. The van der Waals surface area contributed by atoms with Gasteiger partial charge in [-0.2, -0.15) is 0 Å². The topological polar surface area (TPSA) is 41.6 Å². The summed E-state index contributed by atoms with van der Waals surface area (Å²) in [5.41, 5.74) is 0.625. The van der Waals surface area contributed by atoms with Gasteiger partial charge in [-0.25, -0.2) is 0 Å². The number of methoxy groups -OCH3 is 1. The molecule has 5 heteroatoms. The van der Waals surface area contributed by atoms with Crippen molar-refractivity contribution in [2.24, 2.45) is 0 Å². The lowest BCUT2D eigenvalue weighted by Crippen LogP contribution is -2.43. The summed E-state index contributed by atoms with van der Waals surface area (Å²) in [5.74, 6) is 0.606. The fourth-order valence-electron chi connectivity index (χ4n) is 2.88. The number of hydrogen-bond donors (Lipinski definition) is 1. The minimum absolute atomic E-state index is 0.0177. The first-order valence-electron chi connectivity index (χ1n) is 7.51. The van der Waals surface area contributed by atoms with Crippen LogP contribution in [0.25, 0.3) is 0 Å². The molecule has 4 nitrogen and oxygen atoms in total. The van der Waals surface area contributed by atoms with Crippen molar-refractivity contribution in [2.45, 2.75) is 38.6 Å². The molecule has 1 unspecified atom stereocenters. The molecule has 1 atom stereocenters. The Bertz CT molecular complexity index is 493. The lowest BCUT2D eigenvalue weighted by Gasteiger charge is -2.34. The summed E-state index contributed by atoms with van der Waals surface area (Å²) in [7, 11) is 1.58. The SMILES string of the molecule is CCC1CCCCN1CC(=O)Nc1cc(Cl)ccc1OC. The summed E-state index contributed by atoms with van der Waals surface area (Å²) in [6.45, 7) is 3.60. The highest BCUT2D eigenvalue weighted by Crippen LogP contribution is 2.28. The van der Waals surface area contributed by atoms with Gasteiger partial charge in [0.1, 0.15) is 5.75 Å². The Labute approximate surface area is 131 Å². The van der Waals surface area contributed by atoms with Crippen LogP contribution in [0.5, 0.6) is 5.75 Å². The first-order chi connectivity index (χ1) is 10.1. The first kappa shape index (κ1) is 16.1. The summed E-state index contributed by atoms with van der Waals surface area (Å²) in [6.07, 6.45) is 4.71. The van der Waals surface area contributed by atoms with Crippen molar-refractivity contribution < 1.29 is 9.53 Å². The molecule has 1 aromatic rings. The largest absolute Gasteiger partial charge is 0.495 e. The Hall–Kier alpha value is -1.26. The number of anilines is 1. The maximum atomic E-state index is 12.3. The van der Waals surface area contributed by atoms with Crippen molar-refractivity contribution in [2.75, 3.05) is 25.5 Å². The van der Waals surface area contributed by atoms with Gasteiger partial charge >= 0.3 is 0 Å². The number of amides is 1. The standard InChI is InChI=1S/C16H23ClN2O2/c1-3-13-6-4-5-9-19(13)11-16(20)18-14-10-12(17)7-8-15(14)21-2/h7-8,10,13H,3-6,9,11H2,1-2H3,(H,18,20). The highest BCUT2D eigenvalue weighted by atomic mass is 35.5. The molecule has 1 aromatic carbocycles. The van der Waals surface area contributed by atoms with Crippen molar-refractivity contribution in [3.05, 3.63) is 23.2 Å². The minimum Gasteiger partial charge on any atom is -0.495 e. The second kappa shape index (κ2) is 7.66. The zero-order chi connectivity index (χ0) is 15.2. The molecule has 0 aliphatic carbocycles. The van der Waals surface area contributed by atoms with Gasteiger partial charge in [-0.15, -0.1) is 0 Å². The molecule has 2 rings (SSSR count). The average molecular weight is 311 g/mol. The zero-order valence-electron chi connectivity index (χ0n) is 12.7. The number of ether oxygens (including phenoxy) is 1. The molecule has 21 heavy (non-hydrogen) atoms. The predicted molar refractivity (Wildman–Crippen MR) is 86.1 cm³/mol. The predicted octanol–water partition coefficient (Wildman–Crippen LogP) is 3.55. The molecule has 0 spiro atoms. The summed E-state index contributed by atoms with van der Waals surface area (Å²) in [4.78, 5) is 14.5. The first-order valence-corrected chi connectivity index (χ1v) is 7.89. The molecule has 0 saturated carbocycles. The van der Waals surface area contributed by atoms with Gasteiger partial charge in [0, 0.05) is 11.1 Å². The van der Waals surface area contributed by atoms with Gasteiger partial charge < -0.3 is 10.1 Å². The normalized spacial score (nSPS) is 19.3. The summed E-state index contributed by atoms with van der Waals surface area (Å²) < 4.78 is 5.25. The van der Waals surface area contributed by atoms with Gasteiger partial charge in [0.2, 0.25) is 5.91 Å². The Morgan fingerprint density at radius 2 is 2.29 bits per heavy atom. The van der Waals surface area contributed by atoms with E-state index >= 15 is 0 Å². The Morgan fingerprint density at radius 1 is 1.48 bits per heavy atom. The highest BCUT2D eigenvalue weighted by Gasteiger charge is 2.23. The Kier molecular flexibility index (Phi) is 5.88. The number of rotatable bonds is 5. The van der Waals surface area contributed by atoms with E-state index in [1.807, 2.05) is 0 Å². The maximum Gasteiger partial charge on any atom is 0.238 e. The maximum absolute atomic E-state index is 12.3. The van der Waals surface area contributed by atoms with E-state index in [-0.39, 0.29) is 5.91 Å². The average Bonchev–Trinajstić information content (AvgIpc) is 2.48. The zero-order valence-corrected chi connectivity index (χ0v) is 13.4. The van der Waals surface area contributed by atoms with Crippen LogP contribution >= 0.6 is 11.6 Å². The molecule has 0 radical (unpaired) electrons. The lowest BCUT2D eigenvalue weighted by atomic mass is 10.00. The van der Waals surface area contributed by atoms with Crippen molar-refractivity contribution in [3.63, 3.8) is 0 Å². The van der Waals surface area contributed by atoms with Gasteiger partial charge in [0.25, 0.3) is 0 Å². The third-order valence-corrected chi connectivity index (χ3v) is 4.24. The van der Waals surface area contributed by atoms with Gasteiger partial charge in [-0.1, -0.05) is 24.9 Å². The number of carbonyl (C=O) groups is 1. The van der Waals surface area contributed by atoms with Crippen molar-refractivity contribution in [1.29, 1.82) is 0 Å². The molecule has 116 valence electrons. The van der Waals surface area contributed by atoms with Crippen LogP contribution in [0.2, 0.25) is 5.02 Å². The Balaban J connectivity index is 1.99. The van der Waals surface area contributed by atoms with E-state index in [9.17, 15) is 4.79 Å². The summed E-state index contributed by atoms with van der Waals surface area (Å²) in [6, 6.07) is 5.73. The molecule has 0 bridgehead atoms. The van der Waals surface area contributed by atoms with E-state index in [1.165, 1.54) is 19.3 Å². The van der Waals surface area contributed by atoms with Crippen LogP contribution in [0.3, 0.4) is 0 Å². The van der Waals surface area contributed by atoms with Gasteiger partial charge in [-0.3, -0.25) is 9.69 Å². The van der Waals surface area contributed by atoms with Crippen molar-refractivity contribution >= 4 is 23.2 Å². The van der Waals surface area contributed by atoms with E-state index < -0.39 is 0 Å². The number of nitrogens with one attached hydrogen (secondary N) is 1. The molecule has 1 heterocycles. The minimum atomic E-state index is -0.0177. The van der Waals surface area contributed by atoms with E-state index in [1.54, 1.807) is 25.3 Å². The molecular formula is C16H23ClN2O2. The smallest absolute Gasteiger partial charge is 0.238 e. The van der Waals surface area contributed by atoms with Gasteiger partial charge in [-0.05, 0) is 44.0 Å². The number of benzene rings is 1. The Morgan fingerprint density at radius 3 is 3.00 bits per heavy atom. The molecule has 1 fully saturated rings. The summed E-state index contributed by atoms with van der Waals surface area (Å²) >= 11 is 5.98. The quantitative estimate of drug-likeness (QED) is 0.904. The third kappa shape index (κ3) is 4.35. The highest BCUT2D eigenvalue weighted by molar-refractivity contribution is 6.31. The second-order valence-corrected chi connectivity index (χ2v) is 5.86. The summed E-state index contributed by atoms with van der Waals surface area (Å²) in [5, 5.41) is 3.48. The number of carbonyl (C=O) groups excluding carboxylic acids is 1. The molecule has 1 amide bonds. The van der Waals surface area contributed by atoms with Crippen LogP contribution < -0.4 is 10.1 Å². The van der Waals surface area contributed by atoms with Crippen molar-refractivity contribution in [3.8, 4) is 5.75 Å².